The number of nitrogens with one attached hydrogen (secondary N) is 2. The molecule has 1 aromatic heterocycles. The Morgan fingerprint density at radius 2 is 1.93 bits per heavy atom. The third-order valence-corrected chi connectivity index (χ3v) is 7.24. The van der Waals surface area contributed by atoms with E-state index in [1.165, 1.54) is 24.4 Å². The minimum atomic E-state index is -4.86. The first-order valence-corrected chi connectivity index (χ1v) is 13.3. The predicted molar refractivity (Wildman–Crippen MR) is 138 cm³/mol. The summed E-state index contributed by atoms with van der Waals surface area (Å²) < 4.78 is 60.4. The van der Waals surface area contributed by atoms with Crippen LogP contribution in [0, 0.1) is 11.7 Å². The molecule has 0 spiro atoms. The fourth-order valence-corrected chi connectivity index (χ4v) is 5.22. The summed E-state index contributed by atoms with van der Waals surface area (Å²) in [5.74, 6) is -2.61. The van der Waals surface area contributed by atoms with E-state index in [9.17, 15) is 27.2 Å². The summed E-state index contributed by atoms with van der Waals surface area (Å²) in [4.78, 5) is 36.7. The van der Waals surface area contributed by atoms with Crippen LogP contribution in [-0.4, -0.2) is 66.3 Å². The van der Waals surface area contributed by atoms with Gasteiger partial charge in [-0.2, -0.15) is 18.2 Å². The number of nitrogens with zero attached hydrogens (tertiary/aromatic N) is 4. The smallest absolute Gasteiger partial charge is 0.417 e. The van der Waals surface area contributed by atoms with Crippen LogP contribution in [0.3, 0.4) is 0 Å². The number of allylic oxidation sites excluding steroid dienone is 1. The molecule has 2 amide bonds. The van der Waals surface area contributed by atoms with Crippen molar-refractivity contribution in [2.24, 2.45) is 10.9 Å². The number of hydrogen-bond acceptors (Lipinski definition) is 7. The van der Waals surface area contributed by atoms with Gasteiger partial charge in [0.25, 0.3) is 17.8 Å². The second kappa shape index (κ2) is 11.4. The maximum Gasteiger partial charge on any atom is 0.437 e. The maximum atomic E-state index is 14.0. The van der Waals surface area contributed by atoms with Gasteiger partial charge in [0.2, 0.25) is 5.76 Å². The number of anilines is 1. The molecule has 13 heteroatoms. The number of hydrogen-bond donors (Lipinski definition) is 2. The average molecular weight is 563 g/mol. The van der Waals surface area contributed by atoms with Crippen LogP contribution in [0.5, 0.6) is 0 Å². The molecule has 5 rings (SSSR count). The number of halogens is 4. The molecule has 3 atom stereocenters. The Kier molecular flexibility index (Phi) is 7.92. The number of aliphatic imine (C=N–C) groups is 1. The molecule has 0 radical (unpaired) electrons. The molecule has 214 valence electrons. The zero-order valence-electron chi connectivity index (χ0n) is 21.9. The van der Waals surface area contributed by atoms with Crippen LogP contribution in [0.4, 0.5) is 23.6 Å². The highest BCUT2D eigenvalue weighted by Crippen LogP contribution is 2.35. The SMILES string of the molecule is CC1CCCN(c2nc(C(F)(F)F)c(C(=O)NC3=CCC(N[C@H]4CCN(C(=O)c5ccccc5F)C4)N=C3)o2)C1. The number of dihydropyridines is 1. The Balaban J connectivity index is 1.17. The summed E-state index contributed by atoms with van der Waals surface area (Å²) in [6.45, 7) is 3.86. The van der Waals surface area contributed by atoms with Gasteiger partial charge in [-0.25, -0.2) is 4.39 Å². The molecule has 2 fully saturated rings. The van der Waals surface area contributed by atoms with Crippen LogP contribution in [0.25, 0.3) is 0 Å². The highest BCUT2D eigenvalue weighted by atomic mass is 19.4. The van der Waals surface area contributed by atoms with E-state index in [4.69, 9.17) is 4.42 Å². The van der Waals surface area contributed by atoms with Crippen molar-refractivity contribution in [1.29, 1.82) is 0 Å². The molecule has 2 N–H and O–H groups in total. The van der Waals surface area contributed by atoms with Crippen molar-refractivity contribution in [1.82, 2.24) is 20.5 Å². The van der Waals surface area contributed by atoms with Gasteiger partial charge in [0.1, 0.15) is 12.0 Å². The number of aromatic nitrogens is 1. The van der Waals surface area contributed by atoms with E-state index in [1.54, 1.807) is 21.9 Å². The molecule has 0 saturated carbocycles. The lowest BCUT2D eigenvalue weighted by molar-refractivity contribution is -0.141. The number of rotatable bonds is 6. The summed E-state index contributed by atoms with van der Waals surface area (Å²) in [6.07, 6.45) is 0.591. The van der Waals surface area contributed by atoms with Crippen molar-refractivity contribution >= 4 is 24.0 Å². The number of carbonyl (C=O) groups is 2. The van der Waals surface area contributed by atoms with Gasteiger partial charge in [0, 0.05) is 44.9 Å². The minimum absolute atomic E-state index is 0.0280. The summed E-state index contributed by atoms with van der Waals surface area (Å²) in [5.41, 5.74) is -1.09. The van der Waals surface area contributed by atoms with Crippen molar-refractivity contribution in [2.45, 2.75) is 51.0 Å². The summed E-state index contributed by atoms with van der Waals surface area (Å²) in [7, 11) is 0. The van der Waals surface area contributed by atoms with Gasteiger partial charge in [-0.15, -0.1) is 0 Å². The molecule has 0 bridgehead atoms. The predicted octanol–water partition coefficient (Wildman–Crippen LogP) is 3.99. The first-order valence-electron chi connectivity index (χ1n) is 13.3. The lowest BCUT2D eigenvalue weighted by atomic mass is 10.0. The third kappa shape index (κ3) is 6.19. The van der Waals surface area contributed by atoms with Crippen molar-refractivity contribution in [3.05, 3.63) is 58.9 Å². The van der Waals surface area contributed by atoms with Crippen LogP contribution < -0.4 is 15.5 Å². The topological polar surface area (TPSA) is 103 Å². The Morgan fingerprint density at radius 3 is 2.62 bits per heavy atom. The van der Waals surface area contributed by atoms with Gasteiger partial charge in [0.05, 0.1) is 11.3 Å². The zero-order valence-corrected chi connectivity index (χ0v) is 21.9. The van der Waals surface area contributed by atoms with Crippen molar-refractivity contribution in [3.63, 3.8) is 0 Å². The highest BCUT2D eigenvalue weighted by molar-refractivity contribution is 5.98. The molecular weight excluding hydrogens is 532 g/mol. The summed E-state index contributed by atoms with van der Waals surface area (Å²) >= 11 is 0. The Labute approximate surface area is 228 Å². The molecular formula is C27H30F4N6O3. The Hall–Kier alpha value is -3.74. The number of oxazole rings is 1. The zero-order chi connectivity index (χ0) is 28.4. The van der Waals surface area contributed by atoms with Crippen molar-refractivity contribution in [3.8, 4) is 0 Å². The molecule has 3 aliphatic heterocycles. The summed E-state index contributed by atoms with van der Waals surface area (Å²) in [5, 5.41) is 5.76. The van der Waals surface area contributed by atoms with E-state index in [0.717, 1.165) is 12.8 Å². The third-order valence-electron chi connectivity index (χ3n) is 7.24. The van der Waals surface area contributed by atoms with E-state index in [0.29, 0.717) is 39.0 Å². The second-order valence-corrected chi connectivity index (χ2v) is 10.4. The number of benzene rings is 1. The second-order valence-electron chi connectivity index (χ2n) is 10.4. The summed E-state index contributed by atoms with van der Waals surface area (Å²) in [6, 6.07) is 5.57. The minimum Gasteiger partial charge on any atom is -0.417 e. The van der Waals surface area contributed by atoms with E-state index in [2.05, 4.69) is 20.6 Å². The highest BCUT2D eigenvalue weighted by Gasteiger charge is 2.42. The molecule has 2 unspecified atom stereocenters. The number of piperidine rings is 1. The lowest BCUT2D eigenvalue weighted by Crippen LogP contribution is -2.41. The van der Waals surface area contributed by atoms with E-state index in [1.807, 2.05) is 6.92 Å². The molecule has 4 heterocycles. The van der Waals surface area contributed by atoms with Crippen LogP contribution in [0.1, 0.15) is 59.2 Å². The van der Waals surface area contributed by atoms with Crippen LogP contribution in [0.2, 0.25) is 0 Å². The lowest BCUT2D eigenvalue weighted by Gasteiger charge is -2.29. The number of likely N-dealkylation sites (tertiary alicyclic amines) is 1. The first-order chi connectivity index (χ1) is 19.1. The quantitative estimate of drug-likeness (QED) is 0.517. The monoisotopic (exact) mass is 562 g/mol. The number of amides is 2. The van der Waals surface area contributed by atoms with Gasteiger partial charge in [-0.05, 0) is 37.3 Å². The fourth-order valence-electron chi connectivity index (χ4n) is 5.22. The first kappa shape index (κ1) is 27.8. The molecule has 3 aliphatic rings. The molecule has 2 aromatic rings. The van der Waals surface area contributed by atoms with E-state index < -0.39 is 29.4 Å². The molecule has 9 nitrogen and oxygen atoms in total. The van der Waals surface area contributed by atoms with Gasteiger partial charge in [0.15, 0.2) is 5.69 Å². The number of carbonyl (C=O) groups excluding carboxylic acids is 2. The largest absolute Gasteiger partial charge is 0.437 e. The van der Waals surface area contributed by atoms with Gasteiger partial charge in [-0.3, -0.25) is 19.9 Å². The Morgan fingerprint density at radius 1 is 1.12 bits per heavy atom. The van der Waals surface area contributed by atoms with Gasteiger partial charge >= 0.3 is 6.18 Å². The standard InChI is InChI=1S/C27H30F4N6O3/c1-16-5-4-11-37(14-16)26-35-23(27(29,30)31)22(40-26)24(38)34-17-8-9-21(32-13-17)33-18-10-12-36(15-18)25(39)19-6-2-3-7-20(19)28/h2-3,6-8,13,16,18,21,33H,4-5,9-12,14-15H2,1H3,(H,34,38)/t16?,18-,21?/m0/s1. The molecule has 2 saturated heterocycles. The molecule has 40 heavy (non-hydrogen) atoms. The Bertz CT molecular complexity index is 1320. The van der Waals surface area contributed by atoms with Crippen molar-refractivity contribution < 1.29 is 31.6 Å². The molecule has 1 aromatic carbocycles. The normalized spacial score (nSPS) is 23.3. The number of alkyl halides is 3. The fraction of sp³-hybridized carbons (Fsp3) is 0.481. The molecule has 0 aliphatic carbocycles. The van der Waals surface area contributed by atoms with Crippen LogP contribution in [-0.2, 0) is 6.18 Å². The van der Waals surface area contributed by atoms with E-state index in [-0.39, 0.29) is 41.3 Å². The van der Waals surface area contributed by atoms with Gasteiger partial charge < -0.3 is 19.5 Å². The van der Waals surface area contributed by atoms with E-state index >= 15 is 0 Å². The van der Waals surface area contributed by atoms with Gasteiger partial charge in [-0.1, -0.05) is 25.1 Å². The average Bonchev–Trinajstić information content (AvgIpc) is 3.58. The maximum absolute atomic E-state index is 14.0. The van der Waals surface area contributed by atoms with Crippen LogP contribution in [0.15, 0.2) is 45.4 Å². The van der Waals surface area contributed by atoms with Crippen molar-refractivity contribution in [2.75, 3.05) is 31.1 Å². The van der Waals surface area contributed by atoms with Crippen LogP contribution >= 0.6 is 0 Å².